The Kier molecular flexibility index (Phi) is 5.64. The van der Waals surface area contributed by atoms with E-state index in [9.17, 15) is 20.1 Å². The predicted molar refractivity (Wildman–Crippen MR) is 108 cm³/mol. The molecule has 0 unspecified atom stereocenters. The Balaban J connectivity index is 1.77. The van der Waals surface area contributed by atoms with Gasteiger partial charge >= 0.3 is 0 Å². The zero-order valence-corrected chi connectivity index (χ0v) is 16.3. The van der Waals surface area contributed by atoms with E-state index in [1.807, 2.05) is 30.3 Å². The van der Waals surface area contributed by atoms with Gasteiger partial charge in [0.25, 0.3) is 5.91 Å². The van der Waals surface area contributed by atoms with Crippen LogP contribution >= 0.6 is 0 Å². The minimum atomic E-state index is -1.30. The number of nitrogens with one attached hydrogen (secondary N) is 2. The van der Waals surface area contributed by atoms with E-state index in [1.165, 1.54) is 24.1 Å². The Morgan fingerprint density at radius 3 is 2.63 bits per heavy atom. The summed E-state index contributed by atoms with van der Waals surface area (Å²) in [5.41, 5.74) is 1.68. The minimum absolute atomic E-state index is 0.293. The number of benzene rings is 1. The van der Waals surface area contributed by atoms with Crippen LogP contribution in [0.4, 0.5) is 5.82 Å². The summed E-state index contributed by atoms with van der Waals surface area (Å²) in [6, 6.07) is 9.73. The Bertz CT molecular complexity index is 1040. The van der Waals surface area contributed by atoms with Crippen LogP contribution in [-0.4, -0.2) is 67.7 Å². The molecule has 30 heavy (non-hydrogen) atoms. The summed E-state index contributed by atoms with van der Waals surface area (Å²) in [5, 5.41) is 36.2. The lowest BCUT2D eigenvalue weighted by Crippen LogP contribution is -2.33. The van der Waals surface area contributed by atoms with Crippen molar-refractivity contribution in [2.24, 2.45) is 0 Å². The summed E-state index contributed by atoms with van der Waals surface area (Å²) in [6.07, 6.45) is -1.67. The number of amides is 1. The molecule has 5 N–H and O–H groups in total. The Hall–Kier alpha value is -3.05. The molecule has 1 saturated heterocycles. The normalized spacial score (nSPS) is 23.6. The van der Waals surface area contributed by atoms with E-state index >= 15 is 0 Å². The molecule has 0 radical (unpaired) electrons. The SMILES string of the molecule is CNC(=O)c1cn([C@@H]2O[C@H](CO)[C@@H](O)[C@H]2O)c2ncnc(NCc3ccccc3)c12. The zero-order chi connectivity index (χ0) is 21.3. The Morgan fingerprint density at radius 2 is 1.97 bits per heavy atom. The highest BCUT2D eigenvalue weighted by Crippen LogP contribution is 2.35. The van der Waals surface area contributed by atoms with Gasteiger partial charge in [-0.15, -0.1) is 0 Å². The first-order valence-corrected chi connectivity index (χ1v) is 9.53. The lowest BCUT2D eigenvalue weighted by molar-refractivity contribution is -0.0508. The first-order chi connectivity index (χ1) is 14.5. The molecule has 3 heterocycles. The van der Waals surface area contributed by atoms with Crippen LogP contribution in [0, 0.1) is 0 Å². The molecule has 10 heteroatoms. The number of hydrogen-bond donors (Lipinski definition) is 5. The van der Waals surface area contributed by atoms with Crippen LogP contribution in [0.3, 0.4) is 0 Å². The van der Waals surface area contributed by atoms with E-state index in [0.29, 0.717) is 29.0 Å². The summed E-state index contributed by atoms with van der Waals surface area (Å²) >= 11 is 0. The number of hydrogen-bond acceptors (Lipinski definition) is 8. The number of nitrogens with zero attached hydrogens (tertiary/aromatic N) is 3. The second-order valence-corrected chi connectivity index (χ2v) is 7.02. The number of fused-ring (bicyclic) bond motifs is 1. The summed E-state index contributed by atoms with van der Waals surface area (Å²) in [6.45, 7) is 0.0360. The fourth-order valence-corrected chi connectivity index (χ4v) is 3.61. The number of aliphatic hydroxyl groups excluding tert-OH is 3. The summed E-state index contributed by atoms with van der Waals surface area (Å²) in [5.74, 6) is 0.0935. The monoisotopic (exact) mass is 413 g/mol. The summed E-state index contributed by atoms with van der Waals surface area (Å²) < 4.78 is 7.11. The lowest BCUT2D eigenvalue weighted by Gasteiger charge is -2.17. The van der Waals surface area contributed by atoms with Gasteiger partial charge in [0.15, 0.2) is 6.23 Å². The van der Waals surface area contributed by atoms with Crippen molar-refractivity contribution in [3.05, 3.63) is 54.0 Å². The first kappa shape index (κ1) is 20.2. The molecule has 0 bridgehead atoms. The molecule has 0 spiro atoms. The number of carbonyl (C=O) groups excluding carboxylic acids is 1. The Labute approximate surface area is 172 Å². The third kappa shape index (κ3) is 3.50. The average molecular weight is 413 g/mol. The molecule has 158 valence electrons. The maximum absolute atomic E-state index is 12.5. The maximum Gasteiger partial charge on any atom is 0.253 e. The van der Waals surface area contributed by atoms with Crippen LogP contribution in [0.5, 0.6) is 0 Å². The average Bonchev–Trinajstić information content (AvgIpc) is 3.30. The van der Waals surface area contributed by atoms with Crippen molar-refractivity contribution in [1.82, 2.24) is 19.9 Å². The van der Waals surface area contributed by atoms with Crippen molar-refractivity contribution in [1.29, 1.82) is 0 Å². The van der Waals surface area contributed by atoms with Crippen LogP contribution in [0.25, 0.3) is 11.0 Å². The van der Waals surface area contributed by atoms with Crippen molar-refractivity contribution in [2.75, 3.05) is 19.0 Å². The van der Waals surface area contributed by atoms with Gasteiger partial charge in [0.05, 0.1) is 17.6 Å². The molecule has 4 rings (SSSR count). The summed E-state index contributed by atoms with van der Waals surface area (Å²) in [4.78, 5) is 21.1. The van der Waals surface area contributed by atoms with Gasteiger partial charge in [0, 0.05) is 19.8 Å². The van der Waals surface area contributed by atoms with Crippen molar-refractivity contribution in [3.63, 3.8) is 0 Å². The topological polar surface area (TPSA) is 142 Å². The van der Waals surface area contributed by atoms with Gasteiger partial charge in [-0.3, -0.25) is 4.79 Å². The van der Waals surface area contributed by atoms with Crippen LogP contribution in [0.2, 0.25) is 0 Å². The lowest BCUT2D eigenvalue weighted by atomic mass is 10.1. The fourth-order valence-electron chi connectivity index (χ4n) is 3.61. The number of aliphatic hydroxyl groups is 3. The minimum Gasteiger partial charge on any atom is -0.394 e. The molecule has 10 nitrogen and oxygen atoms in total. The third-order valence-electron chi connectivity index (χ3n) is 5.18. The highest BCUT2D eigenvalue weighted by Gasteiger charge is 2.44. The van der Waals surface area contributed by atoms with Gasteiger partial charge in [-0.25, -0.2) is 9.97 Å². The number of ether oxygens (including phenoxy) is 1. The molecule has 1 fully saturated rings. The quantitative estimate of drug-likeness (QED) is 0.381. The van der Waals surface area contributed by atoms with E-state index in [2.05, 4.69) is 20.6 Å². The third-order valence-corrected chi connectivity index (χ3v) is 5.18. The van der Waals surface area contributed by atoms with Crippen LogP contribution in [-0.2, 0) is 11.3 Å². The molecular weight excluding hydrogens is 390 g/mol. The first-order valence-electron chi connectivity index (χ1n) is 9.53. The molecule has 1 aliphatic rings. The Morgan fingerprint density at radius 1 is 1.20 bits per heavy atom. The van der Waals surface area contributed by atoms with Gasteiger partial charge in [-0.1, -0.05) is 30.3 Å². The standard InChI is InChI=1S/C20H23N5O5/c1-21-19(29)12-8-25(20-16(28)15(27)13(9-26)30-20)18-14(12)17(23-10-24-18)22-7-11-5-3-2-4-6-11/h2-6,8,10,13,15-16,20,26-28H,7,9H2,1H3,(H,21,29)(H,22,23,24)/t13-,15-,16-,20-/m1/s1. The molecule has 0 aliphatic carbocycles. The largest absolute Gasteiger partial charge is 0.394 e. The highest BCUT2D eigenvalue weighted by molar-refractivity contribution is 6.09. The van der Waals surface area contributed by atoms with Crippen LogP contribution in [0.1, 0.15) is 22.1 Å². The number of carbonyl (C=O) groups is 1. The van der Waals surface area contributed by atoms with E-state index in [0.717, 1.165) is 5.56 Å². The van der Waals surface area contributed by atoms with Crippen molar-refractivity contribution in [2.45, 2.75) is 31.1 Å². The molecule has 4 atom stereocenters. The number of rotatable bonds is 6. The van der Waals surface area contributed by atoms with Gasteiger partial charge in [-0.05, 0) is 5.56 Å². The second kappa shape index (κ2) is 8.36. The van der Waals surface area contributed by atoms with Gasteiger partial charge in [0.2, 0.25) is 0 Å². The van der Waals surface area contributed by atoms with Crippen LogP contribution in [0.15, 0.2) is 42.9 Å². The molecule has 3 aromatic rings. The van der Waals surface area contributed by atoms with E-state index in [-0.39, 0.29) is 5.91 Å². The van der Waals surface area contributed by atoms with Crippen molar-refractivity contribution in [3.8, 4) is 0 Å². The summed E-state index contributed by atoms with van der Waals surface area (Å²) in [7, 11) is 1.51. The molecule has 1 amide bonds. The zero-order valence-electron chi connectivity index (χ0n) is 16.3. The molecule has 2 aromatic heterocycles. The van der Waals surface area contributed by atoms with E-state index in [1.54, 1.807) is 0 Å². The highest BCUT2D eigenvalue weighted by atomic mass is 16.6. The number of aromatic nitrogens is 3. The van der Waals surface area contributed by atoms with E-state index < -0.39 is 31.1 Å². The van der Waals surface area contributed by atoms with Gasteiger partial charge in [0.1, 0.15) is 36.1 Å². The van der Waals surface area contributed by atoms with Crippen molar-refractivity contribution >= 4 is 22.8 Å². The van der Waals surface area contributed by atoms with Gasteiger partial charge in [-0.2, -0.15) is 0 Å². The van der Waals surface area contributed by atoms with Gasteiger partial charge < -0.3 is 35.3 Å². The van der Waals surface area contributed by atoms with E-state index in [4.69, 9.17) is 4.74 Å². The molecular formula is C20H23N5O5. The smallest absolute Gasteiger partial charge is 0.253 e. The molecule has 1 aromatic carbocycles. The van der Waals surface area contributed by atoms with Crippen LogP contribution < -0.4 is 10.6 Å². The fraction of sp³-hybridized carbons (Fsp3) is 0.350. The molecule has 0 saturated carbocycles. The molecule has 1 aliphatic heterocycles. The second-order valence-electron chi connectivity index (χ2n) is 7.02. The maximum atomic E-state index is 12.5. The van der Waals surface area contributed by atoms with Crippen molar-refractivity contribution < 1.29 is 24.9 Å². The predicted octanol–water partition coefficient (Wildman–Crippen LogP) is 0.0145. The number of anilines is 1.